The average Bonchev–Trinajstić information content (AvgIpc) is 3.49. The Morgan fingerprint density at radius 2 is 1.88 bits per heavy atom. The number of carbonyl (C=O) groups is 1. The van der Waals surface area contributed by atoms with Gasteiger partial charge in [-0.2, -0.15) is 0 Å². The van der Waals surface area contributed by atoms with Crippen LogP contribution in [-0.4, -0.2) is 31.1 Å². The van der Waals surface area contributed by atoms with E-state index in [4.69, 9.17) is 11.6 Å². The molecule has 0 aliphatic heterocycles. The number of nitrogens with zero attached hydrogens (tertiary/aromatic N) is 4. The third kappa shape index (κ3) is 3.88. The van der Waals surface area contributed by atoms with Crippen LogP contribution >= 0.6 is 11.6 Å². The van der Waals surface area contributed by atoms with Crippen molar-refractivity contribution in [3.8, 4) is 0 Å². The molecule has 2 fully saturated rings. The van der Waals surface area contributed by atoms with Crippen molar-refractivity contribution in [2.45, 2.75) is 37.6 Å². The minimum Gasteiger partial charge on any atom is -0.353 e. The standard InChI is InChI=1S/C23H26ClFN6O/c1-30-6-5-26-23(30)29-17-9-13-7-15(8-14(13)10-17)20-21(31(2)12-27-20)22(32)28-16-3-4-19(25)18(24)11-16/h3-6,11-15,17H,7-10H2,1-2H3,(H,26,29)(H,28,32). The number of amides is 1. The Labute approximate surface area is 191 Å². The second-order valence-corrected chi connectivity index (χ2v) is 9.44. The van der Waals surface area contributed by atoms with E-state index in [1.165, 1.54) is 18.2 Å². The molecule has 3 aromatic rings. The summed E-state index contributed by atoms with van der Waals surface area (Å²) in [4.78, 5) is 22.0. The highest BCUT2D eigenvalue weighted by Crippen LogP contribution is 2.51. The van der Waals surface area contributed by atoms with Gasteiger partial charge in [0, 0.05) is 44.1 Å². The smallest absolute Gasteiger partial charge is 0.274 e. The van der Waals surface area contributed by atoms with Gasteiger partial charge in [-0.1, -0.05) is 11.6 Å². The molecule has 168 valence electrons. The van der Waals surface area contributed by atoms with Gasteiger partial charge in [0.1, 0.15) is 11.5 Å². The van der Waals surface area contributed by atoms with Crippen LogP contribution < -0.4 is 10.6 Å². The van der Waals surface area contributed by atoms with Crippen LogP contribution in [0.25, 0.3) is 0 Å². The zero-order chi connectivity index (χ0) is 22.4. The Balaban J connectivity index is 1.27. The van der Waals surface area contributed by atoms with Crippen molar-refractivity contribution >= 4 is 29.1 Å². The molecule has 2 heterocycles. The molecule has 2 N–H and O–H groups in total. The van der Waals surface area contributed by atoms with E-state index in [-0.39, 0.29) is 16.8 Å². The van der Waals surface area contributed by atoms with Crippen LogP contribution in [-0.2, 0) is 14.1 Å². The maximum absolute atomic E-state index is 13.4. The van der Waals surface area contributed by atoms with Crippen LogP contribution in [0.1, 0.15) is 47.8 Å². The molecule has 2 aliphatic carbocycles. The highest BCUT2D eigenvalue weighted by Gasteiger charge is 2.44. The summed E-state index contributed by atoms with van der Waals surface area (Å²) in [5.74, 6) is 1.64. The average molecular weight is 457 g/mol. The molecule has 32 heavy (non-hydrogen) atoms. The number of halogens is 2. The first kappa shape index (κ1) is 21.0. The number of rotatable bonds is 5. The highest BCUT2D eigenvalue weighted by atomic mass is 35.5. The van der Waals surface area contributed by atoms with Gasteiger partial charge in [-0.15, -0.1) is 0 Å². The summed E-state index contributed by atoms with van der Waals surface area (Å²) in [6.45, 7) is 0. The number of aromatic nitrogens is 4. The van der Waals surface area contributed by atoms with E-state index < -0.39 is 5.82 Å². The largest absolute Gasteiger partial charge is 0.353 e. The number of aryl methyl sites for hydroxylation is 2. The zero-order valence-corrected chi connectivity index (χ0v) is 18.8. The predicted molar refractivity (Wildman–Crippen MR) is 121 cm³/mol. The monoisotopic (exact) mass is 456 g/mol. The minimum absolute atomic E-state index is 0.0228. The number of fused-ring (bicyclic) bond motifs is 1. The highest BCUT2D eigenvalue weighted by molar-refractivity contribution is 6.31. The van der Waals surface area contributed by atoms with Crippen LogP contribution in [0, 0.1) is 17.7 Å². The van der Waals surface area contributed by atoms with Gasteiger partial charge in [0.25, 0.3) is 5.91 Å². The first-order chi connectivity index (χ1) is 15.4. The Kier molecular flexibility index (Phi) is 5.41. The fraction of sp³-hybridized carbons (Fsp3) is 0.435. The van der Waals surface area contributed by atoms with Crippen molar-refractivity contribution in [3.05, 3.63) is 59.1 Å². The first-order valence-electron chi connectivity index (χ1n) is 10.9. The number of hydrogen-bond donors (Lipinski definition) is 2. The van der Waals surface area contributed by atoms with E-state index in [1.807, 2.05) is 31.1 Å². The van der Waals surface area contributed by atoms with Crippen molar-refractivity contribution in [2.75, 3.05) is 10.6 Å². The zero-order valence-electron chi connectivity index (χ0n) is 18.1. The van der Waals surface area contributed by atoms with Gasteiger partial charge in [0.15, 0.2) is 0 Å². The molecule has 2 saturated carbocycles. The van der Waals surface area contributed by atoms with Gasteiger partial charge in [-0.3, -0.25) is 4.79 Å². The van der Waals surface area contributed by atoms with Gasteiger partial charge in [0.05, 0.1) is 17.0 Å². The molecule has 1 amide bonds. The number of hydrogen-bond acceptors (Lipinski definition) is 4. The molecular weight excluding hydrogens is 431 g/mol. The quantitative estimate of drug-likeness (QED) is 0.589. The molecule has 0 saturated heterocycles. The van der Waals surface area contributed by atoms with E-state index in [0.717, 1.165) is 37.3 Å². The molecule has 1 aromatic carbocycles. The first-order valence-corrected chi connectivity index (χ1v) is 11.3. The van der Waals surface area contributed by atoms with E-state index in [1.54, 1.807) is 10.9 Å². The third-order valence-electron chi connectivity index (χ3n) is 6.91. The molecule has 0 radical (unpaired) electrons. The number of nitrogens with one attached hydrogen (secondary N) is 2. The predicted octanol–water partition coefficient (Wildman–Crippen LogP) is 4.58. The molecule has 2 aliphatic rings. The lowest BCUT2D eigenvalue weighted by Crippen LogP contribution is -2.20. The Morgan fingerprint density at radius 3 is 2.53 bits per heavy atom. The summed E-state index contributed by atoms with van der Waals surface area (Å²) >= 11 is 5.85. The molecule has 2 unspecified atom stereocenters. The lowest BCUT2D eigenvalue weighted by atomic mass is 9.97. The van der Waals surface area contributed by atoms with Gasteiger partial charge in [-0.05, 0) is 55.7 Å². The lowest BCUT2D eigenvalue weighted by Gasteiger charge is -2.17. The second-order valence-electron chi connectivity index (χ2n) is 9.04. The van der Waals surface area contributed by atoms with Crippen molar-refractivity contribution in [1.29, 1.82) is 0 Å². The summed E-state index contributed by atoms with van der Waals surface area (Å²) in [7, 11) is 3.82. The number of carbonyl (C=O) groups excluding carboxylic acids is 1. The van der Waals surface area contributed by atoms with Gasteiger partial charge >= 0.3 is 0 Å². The molecule has 0 bridgehead atoms. The fourth-order valence-corrected chi connectivity index (χ4v) is 5.61. The molecule has 9 heteroatoms. The SMILES string of the molecule is Cn1ccnc1NC1CC2CC(c3ncn(C)c3C(=O)Nc3ccc(F)c(Cl)c3)CC2C1. The maximum atomic E-state index is 13.4. The topological polar surface area (TPSA) is 76.8 Å². The van der Waals surface area contributed by atoms with Gasteiger partial charge < -0.3 is 19.8 Å². The molecule has 7 nitrogen and oxygen atoms in total. The van der Waals surface area contributed by atoms with E-state index >= 15 is 0 Å². The van der Waals surface area contributed by atoms with Gasteiger partial charge in [-0.25, -0.2) is 14.4 Å². The summed E-state index contributed by atoms with van der Waals surface area (Å²) in [5.41, 5.74) is 1.86. The fourth-order valence-electron chi connectivity index (χ4n) is 5.43. The Bertz CT molecular complexity index is 1140. The third-order valence-corrected chi connectivity index (χ3v) is 7.20. The second kappa shape index (κ2) is 8.24. The number of anilines is 2. The maximum Gasteiger partial charge on any atom is 0.274 e. The van der Waals surface area contributed by atoms with Crippen molar-refractivity contribution in [1.82, 2.24) is 19.1 Å². The van der Waals surface area contributed by atoms with Crippen LogP contribution in [0.4, 0.5) is 16.0 Å². The summed E-state index contributed by atoms with van der Waals surface area (Å²) in [6.07, 6.45) is 9.73. The van der Waals surface area contributed by atoms with Crippen LogP contribution in [0.5, 0.6) is 0 Å². The molecule has 0 spiro atoms. The van der Waals surface area contributed by atoms with Crippen molar-refractivity contribution in [2.24, 2.45) is 25.9 Å². The number of benzene rings is 1. The van der Waals surface area contributed by atoms with Crippen LogP contribution in [0.15, 0.2) is 36.9 Å². The van der Waals surface area contributed by atoms with E-state index in [2.05, 4.69) is 20.6 Å². The molecule has 2 aromatic heterocycles. The normalized spacial score (nSPS) is 24.5. The van der Waals surface area contributed by atoms with Crippen molar-refractivity contribution in [3.63, 3.8) is 0 Å². The molecule has 5 rings (SSSR count). The number of imidazole rings is 2. The Hall–Kier alpha value is -2.87. The molecule has 2 atom stereocenters. The molecular formula is C23H26ClFN6O. The minimum atomic E-state index is -0.515. The van der Waals surface area contributed by atoms with E-state index in [9.17, 15) is 9.18 Å². The summed E-state index contributed by atoms with van der Waals surface area (Å²) < 4.78 is 17.2. The summed E-state index contributed by atoms with van der Waals surface area (Å²) in [5, 5.41) is 6.38. The van der Waals surface area contributed by atoms with Gasteiger partial charge in [0.2, 0.25) is 5.95 Å². The van der Waals surface area contributed by atoms with Crippen LogP contribution in [0.3, 0.4) is 0 Å². The summed E-state index contributed by atoms with van der Waals surface area (Å²) in [6, 6.07) is 4.60. The van der Waals surface area contributed by atoms with E-state index in [0.29, 0.717) is 29.3 Å². The lowest BCUT2D eigenvalue weighted by molar-refractivity contribution is 0.101. The Morgan fingerprint density at radius 1 is 1.12 bits per heavy atom. The van der Waals surface area contributed by atoms with Crippen LogP contribution in [0.2, 0.25) is 5.02 Å². The van der Waals surface area contributed by atoms with Crippen molar-refractivity contribution < 1.29 is 9.18 Å².